The zero-order chi connectivity index (χ0) is 19.2. The largest absolute Gasteiger partial charge is 0.484 e. The summed E-state index contributed by atoms with van der Waals surface area (Å²) in [6.45, 7) is 0.372. The monoisotopic (exact) mass is 403 g/mol. The molecule has 1 amide bonds. The molecule has 2 aromatic rings. The van der Waals surface area contributed by atoms with Gasteiger partial charge >= 0.3 is 0 Å². The van der Waals surface area contributed by atoms with E-state index in [0.717, 1.165) is 32.1 Å². The molecule has 0 spiro atoms. The number of carbonyl (C=O) groups is 1. The van der Waals surface area contributed by atoms with E-state index in [4.69, 9.17) is 25.5 Å². The molecule has 1 N–H and O–H groups in total. The summed E-state index contributed by atoms with van der Waals surface area (Å²) < 4.78 is 17.0. The molecule has 2 bridgehead atoms. The highest BCUT2D eigenvalue weighted by molar-refractivity contribution is 6.30. The molecule has 1 heterocycles. The summed E-state index contributed by atoms with van der Waals surface area (Å²) in [5.74, 6) is 1.72. The Bertz CT molecular complexity index is 858. The Labute approximate surface area is 167 Å². The lowest BCUT2D eigenvalue weighted by atomic mass is 9.39. The van der Waals surface area contributed by atoms with Crippen molar-refractivity contribution in [2.75, 3.05) is 6.61 Å². The molecular formula is C20H22ClN3O4. The Morgan fingerprint density at radius 2 is 1.96 bits per heavy atom. The minimum absolute atomic E-state index is 0.0143. The van der Waals surface area contributed by atoms with Crippen LogP contribution in [0.25, 0.3) is 0 Å². The third-order valence-electron chi connectivity index (χ3n) is 6.03. The first-order valence-electron chi connectivity index (χ1n) is 9.68. The van der Waals surface area contributed by atoms with Gasteiger partial charge in [-0.15, -0.1) is 10.2 Å². The van der Waals surface area contributed by atoms with Crippen LogP contribution in [0.4, 0.5) is 0 Å². The third-order valence-corrected chi connectivity index (χ3v) is 6.29. The maximum absolute atomic E-state index is 12.2. The van der Waals surface area contributed by atoms with Crippen LogP contribution in [0.15, 0.2) is 28.7 Å². The normalized spacial score (nSPS) is 28.0. The van der Waals surface area contributed by atoms with Crippen molar-refractivity contribution in [2.24, 2.45) is 0 Å². The van der Waals surface area contributed by atoms with Gasteiger partial charge in [-0.05, 0) is 62.8 Å². The lowest BCUT2D eigenvalue weighted by molar-refractivity contribution is -0.143. The van der Waals surface area contributed by atoms with Crippen molar-refractivity contribution in [2.45, 2.75) is 62.2 Å². The lowest BCUT2D eigenvalue weighted by Crippen LogP contribution is -2.77. The molecule has 7 nitrogen and oxygen atoms in total. The first-order valence-corrected chi connectivity index (χ1v) is 10.1. The summed E-state index contributed by atoms with van der Waals surface area (Å²) in [5, 5.41) is 12.1. The van der Waals surface area contributed by atoms with E-state index in [0.29, 0.717) is 35.3 Å². The molecule has 0 radical (unpaired) electrons. The highest BCUT2D eigenvalue weighted by Crippen LogP contribution is 2.67. The van der Waals surface area contributed by atoms with Crippen molar-refractivity contribution < 1.29 is 18.7 Å². The molecule has 4 fully saturated rings. The van der Waals surface area contributed by atoms with Crippen LogP contribution < -0.4 is 10.1 Å². The SMILES string of the molecule is O=C(COc1ccc(Cl)cc1)NC12CC(c3nnc(COC4CCC4)o3)(C1)C2. The van der Waals surface area contributed by atoms with E-state index >= 15 is 0 Å². The number of hydrogen-bond donors (Lipinski definition) is 1. The van der Waals surface area contributed by atoms with E-state index in [9.17, 15) is 4.79 Å². The van der Waals surface area contributed by atoms with Crippen LogP contribution in [0, 0.1) is 0 Å². The zero-order valence-corrected chi connectivity index (χ0v) is 16.2. The van der Waals surface area contributed by atoms with E-state index in [1.807, 2.05) is 0 Å². The Kier molecular flexibility index (Phi) is 4.32. The van der Waals surface area contributed by atoms with Gasteiger partial charge < -0.3 is 19.2 Å². The number of nitrogens with one attached hydrogen (secondary N) is 1. The van der Waals surface area contributed by atoms with Crippen molar-refractivity contribution in [3.05, 3.63) is 41.1 Å². The fraction of sp³-hybridized carbons (Fsp3) is 0.550. The molecule has 0 atom stereocenters. The van der Waals surface area contributed by atoms with Crippen LogP contribution in [0.3, 0.4) is 0 Å². The Morgan fingerprint density at radius 1 is 1.21 bits per heavy atom. The zero-order valence-electron chi connectivity index (χ0n) is 15.4. The fourth-order valence-electron chi connectivity index (χ4n) is 4.41. The van der Waals surface area contributed by atoms with E-state index in [1.54, 1.807) is 24.3 Å². The quantitative estimate of drug-likeness (QED) is 0.728. The van der Waals surface area contributed by atoms with E-state index in [1.165, 1.54) is 6.42 Å². The van der Waals surface area contributed by atoms with Crippen LogP contribution in [-0.2, 0) is 21.6 Å². The minimum Gasteiger partial charge on any atom is -0.484 e. The molecular weight excluding hydrogens is 382 g/mol. The standard InChI is InChI=1S/C20H22ClN3O4/c21-13-4-6-15(7-5-13)26-8-16(25)22-20-10-19(11-20,12-20)18-24-23-17(28-18)9-27-14-2-1-3-14/h4-7,14H,1-3,8-12H2,(H,22,25). The molecule has 0 aliphatic heterocycles. The molecule has 6 rings (SSSR count). The Balaban J connectivity index is 1.08. The number of hydrogen-bond acceptors (Lipinski definition) is 6. The van der Waals surface area contributed by atoms with Gasteiger partial charge in [0.1, 0.15) is 12.4 Å². The van der Waals surface area contributed by atoms with Crippen LogP contribution in [0.5, 0.6) is 5.75 Å². The van der Waals surface area contributed by atoms with Crippen molar-refractivity contribution in [1.29, 1.82) is 0 Å². The minimum atomic E-state index is -0.155. The molecule has 0 saturated heterocycles. The maximum atomic E-state index is 12.2. The molecule has 1 aromatic heterocycles. The Hall–Kier alpha value is -2.12. The predicted octanol–water partition coefficient (Wildman–Crippen LogP) is 3.16. The topological polar surface area (TPSA) is 86.5 Å². The first kappa shape index (κ1) is 17.9. The average molecular weight is 404 g/mol. The van der Waals surface area contributed by atoms with Gasteiger partial charge in [0.2, 0.25) is 11.8 Å². The van der Waals surface area contributed by atoms with Crippen molar-refractivity contribution >= 4 is 17.5 Å². The lowest BCUT2D eigenvalue weighted by Gasteiger charge is -2.68. The van der Waals surface area contributed by atoms with Gasteiger partial charge in [-0.25, -0.2) is 0 Å². The van der Waals surface area contributed by atoms with Gasteiger partial charge in [-0.3, -0.25) is 4.79 Å². The molecule has 4 aliphatic rings. The number of ether oxygens (including phenoxy) is 2. The predicted molar refractivity (Wildman–Crippen MR) is 100 cm³/mol. The molecule has 4 aliphatic carbocycles. The summed E-state index contributed by atoms with van der Waals surface area (Å²) in [4.78, 5) is 12.2. The smallest absolute Gasteiger partial charge is 0.258 e. The summed E-state index contributed by atoms with van der Waals surface area (Å²) >= 11 is 5.84. The number of halogens is 1. The second-order valence-corrected chi connectivity index (χ2v) is 8.68. The van der Waals surface area contributed by atoms with Gasteiger partial charge in [0, 0.05) is 10.6 Å². The molecule has 0 unspecified atom stereocenters. The van der Waals surface area contributed by atoms with Crippen LogP contribution >= 0.6 is 11.6 Å². The number of aromatic nitrogens is 2. The fourth-order valence-corrected chi connectivity index (χ4v) is 4.54. The van der Waals surface area contributed by atoms with Gasteiger partial charge in [0.15, 0.2) is 6.61 Å². The van der Waals surface area contributed by atoms with E-state index < -0.39 is 0 Å². The molecule has 148 valence electrons. The van der Waals surface area contributed by atoms with Crippen molar-refractivity contribution in [1.82, 2.24) is 15.5 Å². The van der Waals surface area contributed by atoms with Gasteiger partial charge in [-0.1, -0.05) is 11.6 Å². The molecule has 4 saturated carbocycles. The first-order chi connectivity index (χ1) is 13.5. The van der Waals surface area contributed by atoms with Gasteiger partial charge in [0.25, 0.3) is 5.91 Å². The second kappa shape index (κ2) is 6.74. The Morgan fingerprint density at radius 3 is 2.64 bits per heavy atom. The van der Waals surface area contributed by atoms with Gasteiger partial charge in [-0.2, -0.15) is 0 Å². The van der Waals surface area contributed by atoms with E-state index in [2.05, 4.69) is 15.5 Å². The number of nitrogens with zero attached hydrogens (tertiary/aromatic N) is 2. The maximum Gasteiger partial charge on any atom is 0.258 e. The molecule has 28 heavy (non-hydrogen) atoms. The van der Waals surface area contributed by atoms with Crippen LogP contribution in [-0.4, -0.2) is 34.4 Å². The van der Waals surface area contributed by atoms with Crippen molar-refractivity contribution in [3.63, 3.8) is 0 Å². The third kappa shape index (κ3) is 3.26. The summed E-state index contributed by atoms with van der Waals surface area (Å²) in [7, 11) is 0. The highest BCUT2D eigenvalue weighted by atomic mass is 35.5. The van der Waals surface area contributed by atoms with Crippen LogP contribution in [0.2, 0.25) is 5.02 Å². The molecule has 8 heteroatoms. The number of carbonyl (C=O) groups excluding carboxylic acids is 1. The van der Waals surface area contributed by atoms with E-state index in [-0.39, 0.29) is 23.5 Å². The average Bonchev–Trinajstić information content (AvgIpc) is 3.03. The van der Waals surface area contributed by atoms with Gasteiger partial charge in [0.05, 0.1) is 11.5 Å². The summed E-state index contributed by atoms with van der Waals surface area (Å²) in [5.41, 5.74) is -0.233. The highest BCUT2D eigenvalue weighted by Gasteiger charge is 2.71. The van der Waals surface area contributed by atoms with Crippen LogP contribution in [0.1, 0.15) is 50.3 Å². The summed E-state index contributed by atoms with van der Waals surface area (Å²) in [6.07, 6.45) is 6.32. The number of amides is 1. The van der Waals surface area contributed by atoms with Crippen molar-refractivity contribution in [3.8, 4) is 5.75 Å². The second-order valence-electron chi connectivity index (χ2n) is 8.25. The number of benzene rings is 1. The molecule has 1 aromatic carbocycles. The number of rotatable bonds is 8. The summed E-state index contributed by atoms with van der Waals surface area (Å²) in [6, 6.07) is 6.95.